The average Bonchev–Trinajstić information content (AvgIpc) is 2.91. The van der Waals surface area contributed by atoms with Gasteiger partial charge in [0, 0.05) is 19.6 Å². The van der Waals surface area contributed by atoms with E-state index in [1.165, 1.54) is 24.3 Å². The quantitative estimate of drug-likeness (QED) is 0.159. The molecule has 0 radical (unpaired) electrons. The van der Waals surface area contributed by atoms with Gasteiger partial charge >= 0.3 is 0 Å². The third-order valence-electron chi connectivity index (χ3n) is 4.95. The summed E-state index contributed by atoms with van der Waals surface area (Å²) >= 11 is 5.32. The minimum absolute atomic E-state index is 0.220. The van der Waals surface area contributed by atoms with Crippen LogP contribution in [0.3, 0.4) is 0 Å². The van der Waals surface area contributed by atoms with Gasteiger partial charge in [-0.05, 0) is 53.2 Å². The fourth-order valence-electron chi connectivity index (χ4n) is 3.09. The van der Waals surface area contributed by atoms with E-state index in [9.17, 15) is 8.78 Å². The van der Waals surface area contributed by atoms with Crippen LogP contribution in [0.25, 0.3) is 0 Å². The van der Waals surface area contributed by atoms with Crippen molar-refractivity contribution in [1.82, 2.24) is 25.7 Å². The zero-order valence-electron chi connectivity index (χ0n) is 19.1. The number of halogens is 2. The van der Waals surface area contributed by atoms with Crippen LogP contribution in [0.2, 0.25) is 0 Å². The van der Waals surface area contributed by atoms with E-state index < -0.39 is 0 Å². The lowest BCUT2D eigenvalue weighted by Gasteiger charge is -2.14. The molecule has 1 heterocycles. The molecule has 0 saturated heterocycles. The first-order valence-corrected chi connectivity index (χ1v) is 11.5. The summed E-state index contributed by atoms with van der Waals surface area (Å²) in [5.41, 5.74) is 8.54. The molecular weight excluding hydrogens is 482 g/mol. The molecule has 0 bridgehead atoms. The van der Waals surface area contributed by atoms with Crippen LogP contribution in [0.5, 0.6) is 0 Å². The van der Waals surface area contributed by atoms with Crippen LogP contribution in [0, 0.1) is 11.6 Å². The molecule has 4 aromatic rings. The van der Waals surface area contributed by atoms with Crippen LogP contribution < -0.4 is 26.8 Å². The number of hydrogen-bond acceptors (Lipinski definition) is 7. The Kier molecular flexibility index (Phi) is 8.49. The number of benzene rings is 3. The van der Waals surface area contributed by atoms with E-state index in [0.717, 1.165) is 16.7 Å². The zero-order valence-corrected chi connectivity index (χ0v) is 19.9. The fourth-order valence-corrected chi connectivity index (χ4v) is 3.21. The summed E-state index contributed by atoms with van der Waals surface area (Å²) in [6.45, 7) is 1.32. The molecule has 3 aromatic carbocycles. The second-order valence-corrected chi connectivity index (χ2v) is 8.09. The maximum absolute atomic E-state index is 13.2. The van der Waals surface area contributed by atoms with E-state index in [4.69, 9.17) is 12.2 Å². The summed E-state index contributed by atoms with van der Waals surface area (Å²) in [5.74, 6) is 0.199. The van der Waals surface area contributed by atoms with E-state index in [1.807, 2.05) is 30.3 Å². The number of aromatic nitrogens is 3. The highest BCUT2D eigenvalue weighted by molar-refractivity contribution is 7.80. The highest BCUT2D eigenvalue weighted by Crippen LogP contribution is 2.12. The molecule has 0 aliphatic carbocycles. The number of hydrazine groups is 1. The van der Waals surface area contributed by atoms with Crippen LogP contribution in [0.15, 0.2) is 78.9 Å². The second kappa shape index (κ2) is 12.4. The third-order valence-corrected chi connectivity index (χ3v) is 5.19. The number of thiocarbonyl (C=S) groups is 1. The summed E-state index contributed by atoms with van der Waals surface area (Å²) in [7, 11) is 0. The van der Waals surface area contributed by atoms with Crippen LogP contribution in [-0.4, -0.2) is 20.1 Å². The Morgan fingerprint density at radius 2 is 1.08 bits per heavy atom. The van der Waals surface area contributed by atoms with E-state index >= 15 is 0 Å². The van der Waals surface area contributed by atoms with E-state index in [-0.39, 0.29) is 17.6 Å². The minimum Gasteiger partial charge on any atom is -0.357 e. The normalized spacial score (nSPS) is 10.4. The van der Waals surface area contributed by atoms with Crippen molar-refractivity contribution in [2.24, 2.45) is 0 Å². The van der Waals surface area contributed by atoms with Gasteiger partial charge in [0.05, 0.1) is 0 Å². The molecule has 0 spiro atoms. The van der Waals surface area contributed by atoms with Crippen molar-refractivity contribution < 1.29 is 8.78 Å². The molecule has 5 N–H and O–H groups in total. The zero-order chi connectivity index (χ0) is 25.2. The third kappa shape index (κ3) is 7.84. The fraction of sp³-hybridized carbons (Fsp3) is 0.120. The van der Waals surface area contributed by atoms with Gasteiger partial charge in [-0.1, -0.05) is 54.6 Å². The van der Waals surface area contributed by atoms with Crippen molar-refractivity contribution in [2.75, 3.05) is 16.1 Å². The van der Waals surface area contributed by atoms with Crippen molar-refractivity contribution in [3.63, 3.8) is 0 Å². The Labute approximate surface area is 212 Å². The largest absolute Gasteiger partial charge is 0.357 e. The molecule has 4 rings (SSSR count). The van der Waals surface area contributed by atoms with E-state index in [1.54, 1.807) is 24.3 Å². The molecule has 8 nitrogen and oxygen atoms in total. The van der Waals surface area contributed by atoms with Crippen molar-refractivity contribution in [1.29, 1.82) is 0 Å². The Bertz CT molecular complexity index is 1200. The van der Waals surface area contributed by atoms with Gasteiger partial charge in [-0.25, -0.2) is 8.78 Å². The van der Waals surface area contributed by atoms with Crippen LogP contribution >= 0.6 is 12.2 Å². The first-order valence-electron chi connectivity index (χ1n) is 11.1. The maximum Gasteiger partial charge on any atom is 0.248 e. The maximum atomic E-state index is 13.2. The molecular formula is C25H24F2N8S. The van der Waals surface area contributed by atoms with Gasteiger partial charge in [-0.3, -0.25) is 10.9 Å². The van der Waals surface area contributed by atoms with Crippen molar-refractivity contribution in [3.05, 3.63) is 107 Å². The first kappa shape index (κ1) is 24.7. The molecule has 0 aliphatic heterocycles. The predicted octanol–water partition coefficient (Wildman–Crippen LogP) is 4.37. The Morgan fingerprint density at radius 3 is 1.61 bits per heavy atom. The topological polar surface area (TPSA) is 98.8 Å². The molecule has 0 fully saturated rings. The number of rotatable bonds is 10. The van der Waals surface area contributed by atoms with Crippen molar-refractivity contribution >= 4 is 35.2 Å². The smallest absolute Gasteiger partial charge is 0.248 e. The minimum atomic E-state index is -0.305. The van der Waals surface area contributed by atoms with Gasteiger partial charge in [0.25, 0.3) is 0 Å². The highest BCUT2D eigenvalue weighted by Gasteiger charge is 2.08. The summed E-state index contributed by atoms with van der Waals surface area (Å²) in [6, 6.07) is 22.1. The molecule has 0 unspecified atom stereocenters. The van der Waals surface area contributed by atoms with Crippen LogP contribution in [0.1, 0.15) is 16.7 Å². The molecule has 0 atom stereocenters. The molecule has 184 valence electrons. The van der Waals surface area contributed by atoms with E-state index in [2.05, 4.69) is 41.8 Å². The van der Waals surface area contributed by atoms with Crippen molar-refractivity contribution in [2.45, 2.75) is 19.6 Å². The molecule has 1 aromatic heterocycles. The average molecular weight is 507 g/mol. The van der Waals surface area contributed by atoms with Crippen molar-refractivity contribution in [3.8, 4) is 0 Å². The second-order valence-electron chi connectivity index (χ2n) is 7.68. The molecule has 36 heavy (non-hydrogen) atoms. The summed E-state index contributed by atoms with van der Waals surface area (Å²) < 4.78 is 26.4. The Hall–Kier alpha value is -4.38. The summed E-state index contributed by atoms with van der Waals surface area (Å²) in [5, 5.41) is 9.68. The van der Waals surface area contributed by atoms with Gasteiger partial charge in [-0.15, -0.1) is 0 Å². The van der Waals surface area contributed by atoms with Gasteiger partial charge < -0.3 is 16.0 Å². The molecule has 11 heteroatoms. The molecule has 0 saturated carbocycles. The Morgan fingerprint density at radius 1 is 0.611 bits per heavy atom. The highest BCUT2D eigenvalue weighted by atomic mass is 32.1. The van der Waals surface area contributed by atoms with Gasteiger partial charge in [-0.2, -0.15) is 15.0 Å². The predicted molar refractivity (Wildman–Crippen MR) is 140 cm³/mol. The SMILES string of the molecule is Fc1ccc(CNc2nc(NCc3ccc(F)cc3)nc(NNC(=S)NCc3ccccc3)n2)cc1. The molecule has 0 aliphatic rings. The number of hydrogen-bond donors (Lipinski definition) is 5. The number of anilines is 3. The summed E-state index contributed by atoms with van der Waals surface area (Å²) in [4.78, 5) is 13.1. The lowest BCUT2D eigenvalue weighted by atomic mass is 10.2. The first-order chi connectivity index (χ1) is 17.5. The lowest BCUT2D eigenvalue weighted by molar-refractivity contribution is 0.626. The van der Waals surface area contributed by atoms with Gasteiger partial charge in [0.2, 0.25) is 17.8 Å². The van der Waals surface area contributed by atoms with Gasteiger partial charge in [0.1, 0.15) is 11.6 Å². The lowest BCUT2D eigenvalue weighted by Crippen LogP contribution is -2.39. The molecule has 0 amide bonds. The number of nitrogens with zero attached hydrogens (tertiary/aromatic N) is 3. The summed E-state index contributed by atoms with van der Waals surface area (Å²) in [6.07, 6.45) is 0. The Balaban J connectivity index is 1.40. The monoisotopic (exact) mass is 506 g/mol. The van der Waals surface area contributed by atoms with E-state index in [0.29, 0.717) is 36.6 Å². The van der Waals surface area contributed by atoms with Gasteiger partial charge in [0.15, 0.2) is 5.11 Å². The van der Waals surface area contributed by atoms with Crippen LogP contribution in [0.4, 0.5) is 26.6 Å². The number of nitrogens with one attached hydrogen (secondary N) is 5. The standard InChI is InChI=1S/C25H24F2N8S/c26-20-10-6-18(7-11-20)14-28-22-31-23(29-15-19-8-12-21(27)13-9-19)33-24(32-22)34-35-25(36)30-16-17-4-2-1-3-5-17/h1-13H,14-16H2,(H2,30,35,36)(H3,28,29,31,32,33,34). The van der Waals surface area contributed by atoms with Crippen LogP contribution in [-0.2, 0) is 19.6 Å².